The van der Waals surface area contributed by atoms with Crippen molar-refractivity contribution in [3.63, 3.8) is 0 Å². The predicted molar refractivity (Wildman–Crippen MR) is 46.8 cm³/mol. The first-order valence-corrected chi connectivity index (χ1v) is 4.48. The van der Waals surface area contributed by atoms with Crippen LogP contribution in [0.4, 0.5) is 26.3 Å². The molecule has 15 heavy (non-hydrogen) atoms. The van der Waals surface area contributed by atoms with E-state index in [0.29, 0.717) is 0 Å². The summed E-state index contributed by atoms with van der Waals surface area (Å²) in [5, 5.41) is 0. The molecule has 0 N–H and O–H groups in total. The van der Waals surface area contributed by atoms with Crippen molar-refractivity contribution in [2.75, 3.05) is 0 Å². The predicted octanol–water partition coefficient (Wildman–Crippen LogP) is 3.93. The molecule has 0 unspecified atom stereocenters. The van der Waals surface area contributed by atoms with E-state index in [1.54, 1.807) is 12.1 Å². The van der Waals surface area contributed by atoms with E-state index in [0.717, 1.165) is 0 Å². The molecule has 0 aliphatic rings. The van der Waals surface area contributed by atoms with Crippen molar-refractivity contribution in [1.29, 1.82) is 0 Å². The fourth-order valence-corrected chi connectivity index (χ4v) is 1.39. The summed E-state index contributed by atoms with van der Waals surface area (Å²) in [6.07, 6.45) is -9.66. The molecule has 0 saturated heterocycles. The molecule has 1 rings (SSSR count). The Bertz CT molecular complexity index is 364. The molecule has 7 heteroatoms. The Kier molecular flexibility index (Phi) is 3.09. The maximum Gasteiger partial charge on any atom is 0.424 e. The van der Waals surface area contributed by atoms with Gasteiger partial charge in [0.05, 0.1) is 9.13 Å². The van der Waals surface area contributed by atoms with Crippen molar-refractivity contribution < 1.29 is 26.3 Å². The maximum atomic E-state index is 12.2. The molecule has 0 heterocycles. The van der Waals surface area contributed by atoms with E-state index in [9.17, 15) is 26.3 Å². The zero-order valence-corrected chi connectivity index (χ0v) is 8.88. The van der Waals surface area contributed by atoms with Gasteiger partial charge in [0.15, 0.2) is 0 Å². The maximum absolute atomic E-state index is 12.2. The molecule has 0 amide bonds. The SMILES string of the molecule is FC(F)(F)c1c#cc(I)c(C(F)(F)F)c1. The number of halogens is 7. The highest BCUT2D eigenvalue weighted by atomic mass is 127. The topological polar surface area (TPSA) is 0 Å². The molecule has 0 bridgehead atoms. The van der Waals surface area contributed by atoms with Gasteiger partial charge in [-0.15, -0.1) is 0 Å². The van der Waals surface area contributed by atoms with Crippen LogP contribution in [0.2, 0.25) is 0 Å². The summed E-state index contributed by atoms with van der Waals surface area (Å²) in [5.74, 6) is 0. The lowest BCUT2D eigenvalue weighted by Crippen LogP contribution is -2.11. The fourth-order valence-electron chi connectivity index (χ4n) is 0.792. The van der Waals surface area contributed by atoms with Crippen molar-refractivity contribution in [1.82, 2.24) is 0 Å². The minimum atomic E-state index is -4.85. The minimum Gasteiger partial charge on any atom is -0.166 e. The van der Waals surface area contributed by atoms with E-state index in [1.807, 2.05) is 0 Å². The van der Waals surface area contributed by atoms with Crippen LogP contribution < -0.4 is 0 Å². The molecule has 0 radical (unpaired) electrons. The summed E-state index contributed by atoms with van der Waals surface area (Å²) >= 11 is 1.26. The third-order valence-corrected chi connectivity index (χ3v) is 2.29. The molecule has 1 aromatic rings. The van der Waals surface area contributed by atoms with Gasteiger partial charge in [-0.3, -0.25) is 0 Å². The van der Waals surface area contributed by atoms with E-state index in [4.69, 9.17) is 0 Å². The lowest BCUT2D eigenvalue weighted by atomic mass is 10.1. The van der Waals surface area contributed by atoms with Gasteiger partial charge in [-0.2, -0.15) is 26.3 Å². The van der Waals surface area contributed by atoms with E-state index < -0.39 is 27.0 Å². The van der Waals surface area contributed by atoms with Crippen molar-refractivity contribution >= 4 is 22.6 Å². The van der Waals surface area contributed by atoms with Crippen molar-refractivity contribution in [3.8, 4) is 0 Å². The quantitative estimate of drug-likeness (QED) is 0.497. The molecule has 82 valence electrons. The van der Waals surface area contributed by atoms with E-state index in [2.05, 4.69) is 0 Å². The second-order valence-corrected chi connectivity index (χ2v) is 3.61. The van der Waals surface area contributed by atoms with Crippen LogP contribution in [0, 0.1) is 15.7 Å². The number of hydrogen-bond acceptors (Lipinski definition) is 0. The van der Waals surface area contributed by atoms with Gasteiger partial charge in [0, 0.05) is 0 Å². The zero-order chi connectivity index (χ0) is 11.9. The zero-order valence-electron chi connectivity index (χ0n) is 6.72. The van der Waals surface area contributed by atoms with Crippen molar-refractivity contribution in [2.45, 2.75) is 12.4 Å². The molecule has 0 fully saturated rings. The van der Waals surface area contributed by atoms with Crippen molar-refractivity contribution in [3.05, 3.63) is 32.9 Å². The minimum absolute atomic E-state index is 0.0261. The van der Waals surface area contributed by atoms with E-state index >= 15 is 0 Å². The summed E-state index contributed by atoms with van der Waals surface area (Å²) in [7, 11) is 0. The highest BCUT2D eigenvalue weighted by Gasteiger charge is 2.37. The Hall–Kier alpha value is -0.650. The average Bonchev–Trinajstić information content (AvgIpc) is 2.00. The molecule has 1 aromatic carbocycles. The van der Waals surface area contributed by atoms with Crippen LogP contribution in [0.5, 0.6) is 0 Å². The largest absolute Gasteiger partial charge is 0.424 e. The third kappa shape index (κ3) is 2.90. The highest BCUT2D eigenvalue weighted by Crippen LogP contribution is 2.36. The molecule has 0 atom stereocenters. The molecule has 0 aliphatic heterocycles. The highest BCUT2D eigenvalue weighted by molar-refractivity contribution is 14.1. The third-order valence-electron chi connectivity index (χ3n) is 1.44. The van der Waals surface area contributed by atoms with Crippen LogP contribution in [0.3, 0.4) is 0 Å². The van der Waals surface area contributed by atoms with Crippen LogP contribution in [0.25, 0.3) is 0 Å². The number of rotatable bonds is 0. The second kappa shape index (κ2) is 3.73. The van der Waals surface area contributed by atoms with Gasteiger partial charge in [0.25, 0.3) is 0 Å². The van der Waals surface area contributed by atoms with Crippen LogP contribution in [0.1, 0.15) is 11.1 Å². The Morgan fingerprint density at radius 2 is 1.47 bits per heavy atom. The first-order chi connectivity index (χ1) is 6.62. The molecular weight excluding hydrogens is 337 g/mol. The summed E-state index contributed by atoms with van der Waals surface area (Å²) < 4.78 is 72.4. The van der Waals surface area contributed by atoms with Gasteiger partial charge in [-0.25, -0.2) is 0 Å². The number of alkyl halides is 6. The molecular formula is C8HF6I. The smallest absolute Gasteiger partial charge is 0.166 e. The van der Waals surface area contributed by atoms with E-state index in [-0.39, 0.29) is 6.07 Å². The Morgan fingerprint density at radius 1 is 0.933 bits per heavy atom. The van der Waals surface area contributed by atoms with E-state index in [1.165, 1.54) is 22.6 Å². The fraction of sp³-hybridized carbons (Fsp3) is 0.250. The first kappa shape index (κ1) is 12.4. The second-order valence-electron chi connectivity index (χ2n) is 2.53. The lowest BCUT2D eigenvalue weighted by molar-refractivity contribution is -0.143. The van der Waals surface area contributed by atoms with Crippen LogP contribution in [-0.4, -0.2) is 0 Å². The molecule has 0 spiro atoms. The Labute approximate surface area is 94.4 Å². The Morgan fingerprint density at radius 3 is 1.87 bits per heavy atom. The summed E-state index contributed by atoms with van der Waals surface area (Å²) in [6.45, 7) is 0. The van der Waals surface area contributed by atoms with Crippen LogP contribution in [-0.2, 0) is 12.4 Å². The van der Waals surface area contributed by atoms with Gasteiger partial charge in [-0.1, -0.05) is 12.1 Å². The van der Waals surface area contributed by atoms with Crippen LogP contribution >= 0.6 is 22.6 Å². The Balaban J connectivity index is 3.30. The lowest BCUT2D eigenvalue weighted by Gasteiger charge is -2.09. The summed E-state index contributed by atoms with van der Waals surface area (Å²) in [5.41, 5.74) is -2.83. The monoisotopic (exact) mass is 338 g/mol. The molecule has 0 nitrogen and oxygen atoms in total. The molecule has 0 aliphatic carbocycles. The summed E-state index contributed by atoms with van der Waals surface area (Å²) in [4.78, 5) is 0. The number of hydrogen-bond donors (Lipinski definition) is 0. The van der Waals surface area contributed by atoms with Crippen molar-refractivity contribution in [2.24, 2.45) is 0 Å². The van der Waals surface area contributed by atoms with Gasteiger partial charge >= 0.3 is 12.4 Å². The van der Waals surface area contributed by atoms with Gasteiger partial charge in [0.2, 0.25) is 0 Å². The average molecular weight is 338 g/mol. The standard InChI is InChI=1S/C8HF6I/c9-7(10,11)4-1-2-6(15)5(3-4)8(12,13)14/h3H. The van der Waals surface area contributed by atoms with Gasteiger partial charge in [-0.05, 0) is 28.7 Å². The van der Waals surface area contributed by atoms with Gasteiger partial charge in [0.1, 0.15) is 5.56 Å². The normalized spacial score (nSPS) is 12.5. The van der Waals surface area contributed by atoms with Gasteiger partial charge < -0.3 is 0 Å². The first-order valence-electron chi connectivity index (χ1n) is 3.40. The molecule has 0 saturated carbocycles. The summed E-state index contributed by atoms with van der Waals surface area (Å²) in [6, 6.07) is 3.46. The molecule has 0 aromatic heterocycles. The van der Waals surface area contributed by atoms with Crippen LogP contribution in [0.15, 0.2) is 6.07 Å².